The van der Waals surface area contributed by atoms with E-state index in [1.807, 2.05) is 0 Å². The summed E-state index contributed by atoms with van der Waals surface area (Å²) in [7, 11) is 0. The first-order valence-corrected chi connectivity index (χ1v) is 9.66. The molecule has 0 amide bonds. The van der Waals surface area contributed by atoms with Crippen LogP contribution < -0.4 is 24.0 Å². The van der Waals surface area contributed by atoms with Gasteiger partial charge in [-0.2, -0.15) is 0 Å². The summed E-state index contributed by atoms with van der Waals surface area (Å²) in [5.41, 5.74) is 0. The van der Waals surface area contributed by atoms with Crippen molar-refractivity contribution in [2.45, 2.75) is 61.0 Å². The van der Waals surface area contributed by atoms with E-state index in [-0.39, 0.29) is 24.0 Å². The average Bonchev–Trinajstić information content (AvgIpc) is 2.09. The zero-order valence-electron chi connectivity index (χ0n) is 11.2. The largest absolute Gasteiger partial charge is 1.00 e. The molecule has 0 bridgehead atoms. The first-order chi connectivity index (χ1) is 6.66. The van der Waals surface area contributed by atoms with Gasteiger partial charge >= 0.3 is 125 Å². The predicted molar refractivity (Wildman–Crippen MR) is 75.4 cm³/mol. The molecule has 0 unspecified atom stereocenters. The van der Waals surface area contributed by atoms with Crippen molar-refractivity contribution in [1.82, 2.24) is 0 Å². The van der Waals surface area contributed by atoms with Crippen molar-refractivity contribution in [1.29, 1.82) is 0 Å². The van der Waals surface area contributed by atoms with Crippen molar-refractivity contribution >= 4 is 64.1 Å². The van der Waals surface area contributed by atoms with Gasteiger partial charge in [0.2, 0.25) is 0 Å². The van der Waals surface area contributed by atoms with E-state index in [0.717, 1.165) is 15.2 Å². The Hall–Kier alpha value is 2.86. The summed E-state index contributed by atoms with van der Waals surface area (Å²) >= 11 is 8.55. The molecule has 0 N–H and O–H groups in total. The van der Waals surface area contributed by atoms with Crippen LogP contribution in [-0.2, 0) is 0 Å². The van der Waals surface area contributed by atoms with Crippen molar-refractivity contribution in [3.8, 4) is 0 Å². The summed E-state index contributed by atoms with van der Waals surface area (Å²) in [4.78, 5) is 0. The van der Waals surface area contributed by atoms with Crippen molar-refractivity contribution < 1.29 is 24.0 Å². The van der Waals surface area contributed by atoms with E-state index < -0.39 is 0 Å². The first-order valence-electron chi connectivity index (χ1n) is 5.58. The van der Waals surface area contributed by atoms with Crippen LogP contribution in [0.1, 0.15) is 34.6 Å². The molecule has 0 aliphatic carbocycles. The van der Waals surface area contributed by atoms with Crippen molar-refractivity contribution in [2.75, 3.05) is 0 Å². The van der Waals surface area contributed by atoms with Crippen LogP contribution in [0.3, 0.4) is 0 Å². The molecule has 5 heteroatoms. The molecule has 0 aliphatic heterocycles. The maximum Gasteiger partial charge on any atom is -1.00 e. The van der Waals surface area contributed by atoms with Gasteiger partial charge in [-0.25, -0.2) is 0 Å². The van der Waals surface area contributed by atoms with Gasteiger partial charge in [-0.3, -0.25) is 0 Å². The van der Waals surface area contributed by atoms with E-state index in [0.29, 0.717) is 0 Å². The fraction of sp³-hybridized carbons (Fsp3) is 1.00. The minimum atomic E-state index is 0. The van der Waals surface area contributed by atoms with Crippen molar-refractivity contribution in [3.63, 3.8) is 0 Å². The van der Waals surface area contributed by atoms with Gasteiger partial charge in [-0.15, -0.1) is 0 Å². The van der Waals surface area contributed by atoms with Crippen LogP contribution in [0.4, 0.5) is 0 Å². The molecule has 0 rings (SSSR count). The molecule has 78 valence electrons. The van der Waals surface area contributed by atoms with Crippen LogP contribution in [-0.4, -0.2) is 64.1 Å². The van der Waals surface area contributed by atoms with Crippen LogP contribution in [0.25, 0.3) is 0 Å². The molecule has 0 aromatic rings. The van der Waals surface area contributed by atoms with Gasteiger partial charge in [0.05, 0.1) is 0 Å². The molecule has 0 aromatic carbocycles. The number of halogens is 1. The molecular weight excluding hydrogens is 355 g/mol. The topological polar surface area (TPSA) is 0 Å². The third kappa shape index (κ3) is 158. The maximum atomic E-state index is 2.58. The third-order valence-corrected chi connectivity index (χ3v) is 1.73. The van der Waals surface area contributed by atoms with Gasteiger partial charge in [-0.1, -0.05) is 0 Å². The Balaban J connectivity index is -0.0000000300. The maximum absolute atomic E-state index is 2.58. The Morgan fingerprint density at radius 3 is 0.800 bits per heavy atom. The normalized spacial score (nSPS) is 6.07. The zero-order valence-corrected chi connectivity index (χ0v) is 18.0. The van der Waals surface area contributed by atoms with Crippen LogP contribution in [0, 0.1) is 0 Å². The molecular formula is C10H25Al4I+6. The van der Waals surface area contributed by atoms with Gasteiger partial charge in [0.25, 0.3) is 0 Å². The zero-order chi connectivity index (χ0) is 12.2. The molecule has 0 heterocycles. The van der Waals surface area contributed by atoms with E-state index in [2.05, 4.69) is 83.5 Å². The van der Waals surface area contributed by atoms with E-state index in [1.165, 1.54) is 26.4 Å². The quantitative estimate of drug-likeness (QED) is 0.479. The standard InChI is InChI=1S/5C2H5.4Al.HI/c5*1-2;;;;;/h5*1H2,2H3;;;;;1H/q;;;;;+1;3*+2;/p-1. The molecule has 0 saturated carbocycles. The third-order valence-electron chi connectivity index (χ3n) is 0.577. The summed E-state index contributed by atoms with van der Waals surface area (Å²) in [5.74, 6) is 0. The molecule has 0 nitrogen and oxygen atoms in total. The van der Waals surface area contributed by atoms with Gasteiger partial charge in [0, 0.05) is 0 Å². The van der Waals surface area contributed by atoms with Crippen LogP contribution in [0.5, 0.6) is 0 Å². The molecule has 0 saturated heterocycles. The van der Waals surface area contributed by atoms with Crippen LogP contribution in [0.2, 0.25) is 26.4 Å². The number of rotatable bonds is 2. The summed E-state index contributed by atoms with van der Waals surface area (Å²) < 4.78 is 0. The molecule has 0 atom stereocenters. The van der Waals surface area contributed by atoms with E-state index in [1.54, 1.807) is 0 Å². The summed E-state index contributed by atoms with van der Waals surface area (Å²) in [5, 5.41) is 6.35. The van der Waals surface area contributed by atoms with Gasteiger partial charge in [0.1, 0.15) is 0 Å². The van der Waals surface area contributed by atoms with Crippen LogP contribution >= 0.6 is 0 Å². The van der Waals surface area contributed by atoms with Crippen molar-refractivity contribution in [3.05, 3.63) is 0 Å². The minimum absolute atomic E-state index is 0. The Morgan fingerprint density at radius 2 is 0.800 bits per heavy atom. The molecule has 0 spiro atoms. The molecule has 0 aliphatic rings. The van der Waals surface area contributed by atoms with Crippen LogP contribution in [0.15, 0.2) is 0 Å². The minimum Gasteiger partial charge on any atom is -1.00 e. The Kier molecular flexibility index (Phi) is 111. The number of hydrogen-bond donors (Lipinski definition) is 0. The average molecular weight is 380 g/mol. The molecule has 0 aromatic heterocycles. The predicted octanol–water partition coefficient (Wildman–Crippen LogP) is 0.350. The van der Waals surface area contributed by atoms with E-state index in [9.17, 15) is 0 Å². The van der Waals surface area contributed by atoms with Gasteiger partial charge < -0.3 is 24.0 Å². The summed E-state index contributed by atoms with van der Waals surface area (Å²) in [6, 6.07) is 0. The van der Waals surface area contributed by atoms with Gasteiger partial charge in [0.15, 0.2) is 0 Å². The SMILES string of the molecule is C[CH2][Al+2].C[CH2][Al+2].C[CH2][Al+2].C[CH2][Al+][CH2]C.[I-]. The van der Waals surface area contributed by atoms with Gasteiger partial charge in [-0.05, 0) is 0 Å². The van der Waals surface area contributed by atoms with E-state index >= 15 is 0 Å². The molecule has 0 radical (unpaired) electrons. The fourth-order valence-corrected chi connectivity index (χ4v) is 0.866. The molecule has 0 fully saturated rings. The number of hydrogen-bond acceptors (Lipinski definition) is 0. The summed E-state index contributed by atoms with van der Waals surface area (Å²) in [6.07, 6.45) is 0. The Morgan fingerprint density at radius 1 is 0.667 bits per heavy atom. The summed E-state index contributed by atoms with van der Waals surface area (Å²) in [6.45, 7) is 10.8. The fourth-order valence-electron chi connectivity index (χ4n) is 0.289. The second-order valence-electron chi connectivity index (χ2n) is 2.33. The van der Waals surface area contributed by atoms with E-state index in [4.69, 9.17) is 0 Å². The Labute approximate surface area is 147 Å². The second kappa shape index (κ2) is 54.0. The molecule has 15 heavy (non-hydrogen) atoms. The first kappa shape index (κ1) is 30.7. The smallest absolute Gasteiger partial charge is 1.00 e. The second-order valence-corrected chi connectivity index (χ2v) is 6.99. The monoisotopic (exact) mass is 380 g/mol. The van der Waals surface area contributed by atoms with Crippen molar-refractivity contribution in [2.24, 2.45) is 0 Å². The Bertz CT molecular complexity index is 41.6.